The van der Waals surface area contributed by atoms with Crippen LogP contribution in [0.25, 0.3) is 0 Å². The molecule has 0 atom stereocenters. The van der Waals surface area contributed by atoms with Gasteiger partial charge in [-0.15, -0.1) is 0 Å². The van der Waals surface area contributed by atoms with Crippen molar-refractivity contribution in [3.8, 4) is 0 Å². The zero-order valence-corrected chi connectivity index (χ0v) is 16.1. The van der Waals surface area contributed by atoms with E-state index in [2.05, 4.69) is 65.6 Å². The minimum atomic E-state index is 0.167. The molecule has 124 valence electrons. The first kappa shape index (κ1) is 22.4. The molecule has 0 saturated heterocycles. The van der Waals surface area contributed by atoms with Crippen LogP contribution in [-0.2, 0) is 5.41 Å². The van der Waals surface area contributed by atoms with E-state index < -0.39 is 0 Å². The topological polar surface area (TPSA) is 12.9 Å². The van der Waals surface area contributed by atoms with Crippen LogP contribution in [-0.4, -0.2) is 4.98 Å². The second kappa shape index (κ2) is 11.8. The molecule has 0 aliphatic rings. The van der Waals surface area contributed by atoms with E-state index in [1.165, 1.54) is 31.4 Å². The molecule has 0 saturated carbocycles. The molecule has 1 aromatic heterocycles. The van der Waals surface area contributed by atoms with Crippen LogP contribution < -0.4 is 0 Å². The van der Waals surface area contributed by atoms with Crippen molar-refractivity contribution < 1.29 is 0 Å². The van der Waals surface area contributed by atoms with Gasteiger partial charge < -0.3 is 0 Å². The first-order valence-electron chi connectivity index (χ1n) is 8.70. The van der Waals surface area contributed by atoms with Crippen LogP contribution in [0.1, 0.15) is 93.7 Å². The highest BCUT2D eigenvalue weighted by Gasteiger charge is 2.29. The molecule has 1 aromatic rings. The summed E-state index contributed by atoms with van der Waals surface area (Å²) < 4.78 is 0. The molecule has 0 bridgehead atoms. The standard InChI is InChI=1S/C14H23N.C4H10.C2H6/c1-6-13(2,3)11-14(4,5)12-9-7-8-10-15-12;1-3-4-2;1-2/h7-10H,6,11H2,1-5H3;3-4H2,1-2H3;1-2H3. The highest BCUT2D eigenvalue weighted by Crippen LogP contribution is 2.37. The molecule has 1 rings (SSSR count). The molecule has 0 aromatic carbocycles. The molecule has 1 heteroatoms. The Kier molecular flexibility index (Phi) is 12.6. The normalized spacial score (nSPS) is 10.9. The first-order valence-corrected chi connectivity index (χ1v) is 8.70. The van der Waals surface area contributed by atoms with E-state index >= 15 is 0 Å². The van der Waals surface area contributed by atoms with Gasteiger partial charge in [-0.25, -0.2) is 0 Å². The third kappa shape index (κ3) is 10.5. The lowest BCUT2D eigenvalue weighted by molar-refractivity contribution is 0.245. The van der Waals surface area contributed by atoms with Gasteiger partial charge in [-0.05, 0) is 24.0 Å². The van der Waals surface area contributed by atoms with Gasteiger partial charge in [-0.1, -0.05) is 87.6 Å². The Morgan fingerprint density at radius 2 is 1.43 bits per heavy atom. The van der Waals surface area contributed by atoms with Gasteiger partial charge >= 0.3 is 0 Å². The first-order chi connectivity index (χ1) is 9.79. The van der Waals surface area contributed by atoms with E-state index in [1.807, 2.05) is 26.1 Å². The van der Waals surface area contributed by atoms with Gasteiger partial charge in [-0.2, -0.15) is 0 Å². The van der Waals surface area contributed by atoms with Crippen LogP contribution in [0.3, 0.4) is 0 Å². The summed E-state index contributed by atoms with van der Waals surface area (Å²) in [6.45, 7) is 19.9. The zero-order valence-electron chi connectivity index (χ0n) is 16.1. The number of aromatic nitrogens is 1. The summed E-state index contributed by atoms with van der Waals surface area (Å²) in [7, 11) is 0. The van der Waals surface area contributed by atoms with Gasteiger partial charge in [0.1, 0.15) is 0 Å². The van der Waals surface area contributed by atoms with E-state index in [4.69, 9.17) is 0 Å². The smallest absolute Gasteiger partial charge is 0.0459 e. The van der Waals surface area contributed by atoms with Crippen LogP contribution in [0.2, 0.25) is 0 Å². The van der Waals surface area contributed by atoms with Gasteiger partial charge in [0.25, 0.3) is 0 Å². The number of nitrogens with zero attached hydrogens (tertiary/aromatic N) is 1. The molecule has 1 nitrogen and oxygen atoms in total. The highest BCUT2D eigenvalue weighted by molar-refractivity contribution is 5.14. The third-order valence-electron chi connectivity index (χ3n) is 3.74. The SMILES string of the molecule is CC.CCC(C)(C)CC(C)(C)c1ccccn1.CCCC. The molecule has 0 N–H and O–H groups in total. The molecular weight excluding hydrogens is 254 g/mol. The summed E-state index contributed by atoms with van der Waals surface area (Å²) in [5.74, 6) is 0. The van der Waals surface area contributed by atoms with Crippen molar-refractivity contribution in [3.63, 3.8) is 0 Å². The summed E-state index contributed by atoms with van der Waals surface area (Å²) in [5, 5.41) is 0. The van der Waals surface area contributed by atoms with Crippen molar-refractivity contribution in [2.75, 3.05) is 0 Å². The van der Waals surface area contributed by atoms with E-state index in [9.17, 15) is 0 Å². The average Bonchev–Trinajstić information content (AvgIpc) is 2.49. The predicted octanol–water partition coefficient (Wildman–Crippen LogP) is 7.02. The van der Waals surface area contributed by atoms with Crippen LogP contribution in [0.5, 0.6) is 0 Å². The summed E-state index contributed by atoms with van der Waals surface area (Å²) >= 11 is 0. The minimum Gasteiger partial charge on any atom is -0.261 e. The molecule has 0 aliphatic carbocycles. The second-order valence-electron chi connectivity index (χ2n) is 6.79. The Morgan fingerprint density at radius 1 is 0.905 bits per heavy atom. The Labute approximate surface area is 134 Å². The monoisotopic (exact) mass is 293 g/mol. The molecule has 0 aliphatic heterocycles. The number of hydrogen-bond acceptors (Lipinski definition) is 1. The summed E-state index contributed by atoms with van der Waals surface area (Å²) in [4.78, 5) is 4.47. The zero-order chi connectivity index (χ0) is 16.9. The fraction of sp³-hybridized carbons (Fsp3) is 0.750. The lowest BCUT2D eigenvalue weighted by atomic mass is 9.72. The lowest BCUT2D eigenvalue weighted by Gasteiger charge is -2.34. The minimum absolute atomic E-state index is 0.167. The fourth-order valence-corrected chi connectivity index (χ4v) is 2.18. The molecule has 0 amide bonds. The fourth-order valence-electron chi connectivity index (χ4n) is 2.18. The Bertz CT molecular complexity index is 323. The lowest BCUT2D eigenvalue weighted by Crippen LogP contribution is -2.27. The van der Waals surface area contributed by atoms with Crippen LogP contribution >= 0.6 is 0 Å². The third-order valence-corrected chi connectivity index (χ3v) is 3.74. The molecule has 21 heavy (non-hydrogen) atoms. The number of hydrogen-bond donors (Lipinski definition) is 0. The summed E-state index contributed by atoms with van der Waals surface area (Å²) in [6.07, 6.45) is 6.91. The molecule has 0 radical (unpaired) electrons. The molecule has 0 spiro atoms. The highest BCUT2D eigenvalue weighted by atomic mass is 14.7. The van der Waals surface area contributed by atoms with Gasteiger partial charge in [0.15, 0.2) is 0 Å². The van der Waals surface area contributed by atoms with Gasteiger partial charge in [0.2, 0.25) is 0 Å². The number of pyridine rings is 1. The largest absolute Gasteiger partial charge is 0.261 e. The van der Waals surface area contributed by atoms with Gasteiger partial charge in [0.05, 0.1) is 0 Å². The molecule has 0 fully saturated rings. The van der Waals surface area contributed by atoms with E-state index in [1.54, 1.807) is 0 Å². The van der Waals surface area contributed by atoms with Crippen molar-refractivity contribution >= 4 is 0 Å². The predicted molar refractivity (Wildman–Crippen MR) is 97.9 cm³/mol. The summed E-state index contributed by atoms with van der Waals surface area (Å²) in [6, 6.07) is 6.18. The van der Waals surface area contributed by atoms with Crippen molar-refractivity contribution in [1.82, 2.24) is 4.98 Å². The quantitative estimate of drug-likeness (QED) is 0.568. The van der Waals surface area contributed by atoms with Crippen molar-refractivity contribution in [1.29, 1.82) is 0 Å². The molecule has 0 unspecified atom stereocenters. The van der Waals surface area contributed by atoms with Crippen LogP contribution in [0.4, 0.5) is 0 Å². The Morgan fingerprint density at radius 3 is 1.76 bits per heavy atom. The Hall–Kier alpha value is -0.850. The number of unbranched alkanes of at least 4 members (excludes halogenated alkanes) is 1. The van der Waals surface area contributed by atoms with Crippen molar-refractivity contribution in [3.05, 3.63) is 30.1 Å². The Balaban J connectivity index is 0. The maximum Gasteiger partial charge on any atom is 0.0459 e. The van der Waals surface area contributed by atoms with Crippen LogP contribution in [0.15, 0.2) is 24.4 Å². The molecular formula is C20H39N. The van der Waals surface area contributed by atoms with E-state index in [0.29, 0.717) is 5.41 Å². The summed E-state index contributed by atoms with van der Waals surface area (Å²) in [5.41, 5.74) is 1.76. The second-order valence-corrected chi connectivity index (χ2v) is 6.79. The van der Waals surface area contributed by atoms with Crippen LogP contribution in [0, 0.1) is 5.41 Å². The van der Waals surface area contributed by atoms with Gasteiger partial charge in [0, 0.05) is 17.3 Å². The van der Waals surface area contributed by atoms with Crippen molar-refractivity contribution in [2.45, 2.75) is 93.4 Å². The average molecular weight is 294 g/mol. The number of rotatable bonds is 5. The van der Waals surface area contributed by atoms with E-state index in [-0.39, 0.29) is 5.41 Å². The van der Waals surface area contributed by atoms with Crippen molar-refractivity contribution in [2.24, 2.45) is 5.41 Å². The van der Waals surface area contributed by atoms with Gasteiger partial charge in [-0.3, -0.25) is 4.98 Å². The molecule has 1 heterocycles. The van der Waals surface area contributed by atoms with E-state index in [0.717, 1.165) is 0 Å². The maximum atomic E-state index is 4.47. The maximum absolute atomic E-state index is 4.47.